The van der Waals surface area contributed by atoms with E-state index < -0.39 is 23.6 Å². The second kappa shape index (κ2) is 5.94. The minimum atomic E-state index is -1.13. The quantitative estimate of drug-likeness (QED) is 0.725. The number of urea groups is 1. The normalized spacial score (nSPS) is 19.4. The molecule has 0 saturated carbocycles. The Kier molecular flexibility index (Phi) is 4.75. The molecule has 1 rings (SSSR count). The van der Waals surface area contributed by atoms with Crippen molar-refractivity contribution in [1.29, 1.82) is 0 Å². The highest BCUT2D eigenvalue weighted by Gasteiger charge is 2.43. The summed E-state index contributed by atoms with van der Waals surface area (Å²) in [5.74, 6) is -1.30. The monoisotopic (exact) mass is 283 g/mol. The number of hydrogen-bond donors (Lipinski definition) is 2. The summed E-state index contributed by atoms with van der Waals surface area (Å²) >= 11 is 0. The van der Waals surface area contributed by atoms with Crippen LogP contribution in [0.3, 0.4) is 0 Å². The fourth-order valence-corrected chi connectivity index (χ4v) is 2.18. The Morgan fingerprint density at radius 3 is 2.60 bits per heavy atom. The van der Waals surface area contributed by atoms with Crippen molar-refractivity contribution in [3.63, 3.8) is 0 Å². The highest BCUT2D eigenvalue weighted by atomic mass is 16.4. The van der Waals surface area contributed by atoms with Crippen molar-refractivity contribution in [1.82, 2.24) is 15.1 Å². The molecule has 7 nitrogen and oxygen atoms in total. The van der Waals surface area contributed by atoms with E-state index in [2.05, 4.69) is 11.9 Å². The molecule has 0 spiro atoms. The average Bonchev–Trinajstić information content (AvgIpc) is 2.35. The Labute approximate surface area is 118 Å². The molecule has 0 aliphatic carbocycles. The molecule has 3 amide bonds. The Balaban J connectivity index is 2.83. The number of carbonyl (C=O) groups is 3. The lowest BCUT2D eigenvalue weighted by atomic mass is 9.98. The predicted molar refractivity (Wildman–Crippen MR) is 73.2 cm³/mol. The minimum Gasteiger partial charge on any atom is -0.480 e. The lowest BCUT2D eigenvalue weighted by Gasteiger charge is -2.44. The molecular weight excluding hydrogens is 262 g/mol. The van der Waals surface area contributed by atoms with Crippen molar-refractivity contribution in [2.45, 2.75) is 31.8 Å². The molecule has 0 aromatic rings. The Hall–Kier alpha value is -2.05. The zero-order chi connectivity index (χ0) is 15.5. The molecule has 1 unspecified atom stereocenters. The number of rotatable bonds is 4. The van der Waals surface area contributed by atoms with Crippen molar-refractivity contribution in [3.8, 4) is 0 Å². The summed E-state index contributed by atoms with van der Waals surface area (Å²) in [6.45, 7) is 7.55. The van der Waals surface area contributed by atoms with E-state index in [1.807, 2.05) is 0 Å². The van der Waals surface area contributed by atoms with E-state index in [4.69, 9.17) is 5.11 Å². The minimum absolute atomic E-state index is 0.128. The standard InChI is InChI=1S/C13H21N3O4/c1-5-6-9(10(17)18)14-12(20)16-8-7-15(4)11(19)13(16,2)3/h5,9H,1,6-8H2,2-4H3,(H,14,20)(H,17,18). The molecular formula is C13H21N3O4. The van der Waals surface area contributed by atoms with Gasteiger partial charge in [0, 0.05) is 20.1 Å². The van der Waals surface area contributed by atoms with Crippen LogP contribution in [0.4, 0.5) is 4.79 Å². The highest BCUT2D eigenvalue weighted by molar-refractivity contribution is 5.92. The first-order valence-electron chi connectivity index (χ1n) is 6.39. The van der Waals surface area contributed by atoms with Crippen LogP contribution < -0.4 is 5.32 Å². The third-order valence-electron chi connectivity index (χ3n) is 3.45. The topological polar surface area (TPSA) is 90.0 Å². The van der Waals surface area contributed by atoms with Crippen LogP contribution in [-0.4, -0.2) is 64.5 Å². The summed E-state index contributed by atoms with van der Waals surface area (Å²) < 4.78 is 0. The van der Waals surface area contributed by atoms with Gasteiger partial charge in [0.25, 0.3) is 0 Å². The van der Waals surface area contributed by atoms with Gasteiger partial charge in [-0.15, -0.1) is 6.58 Å². The van der Waals surface area contributed by atoms with Gasteiger partial charge in [0.2, 0.25) is 5.91 Å². The van der Waals surface area contributed by atoms with E-state index in [9.17, 15) is 14.4 Å². The number of carboxylic acid groups (broad SMARTS) is 1. The Morgan fingerprint density at radius 1 is 1.50 bits per heavy atom. The second-order valence-corrected chi connectivity index (χ2v) is 5.30. The van der Waals surface area contributed by atoms with E-state index in [1.54, 1.807) is 25.8 Å². The van der Waals surface area contributed by atoms with Crippen LogP contribution in [0.5, 0.6) is 0 Å². The second-order valence-electron chi connectivity index (χ2n) is 5.30. The number of carboxylic acids is 1. The van der Waals surface area contributed by atoms with Crippen LogP contribution in [0.2, 0.25) is 0 Å². The van der Waals surface area contributed by atoms with E-state index in [0.29, 0.717) is 13.1 Å². The molecule has 1 aliphatic heterocycles. The molecule has 112 valence electrons. The molecule has 2 N–H and O–H groups in total. The molecule has 0 bridgehead atoms. The zero-order valence-corrected chi connectivity index (χ0v) is 12.0. The molecule has 1 heterocycles. The lowest BCUT2D eigenvalue weighted by Crippen LogP contribution is -2.66. The zero-order valence-electron chi connectivity index (χ0n) is 12.0. The van der Waals surface area contributed by atoms with Gasteiger partial charge in [0.15, 0.2) is 0 Å². The van der Waals surface area contributed by atoms with Crippen molar-refractivity contribution in [3.05, 3.63) is 12.7 Å². The van der Waals surface area contributed by atoms with Gasteiger partial charge in [0.05, 0.1) is 0 Å². The number of hydrogen-bond acceptors (Lipinski definition) is 3. The van der Waals surface area contributed by atoms with Gasteiger partial charge in [0.1, 0.15) is 11.6 Å². The number of nitrogens with one attached hydrogen (secondary N) is 1. The summed E-state index contributed by atoms with van der Waals surface area (Å²) in [5, 5.41) is 11.4. The molecule has 7 heteroatoms. The smallest absolute Gasteiger partial charge is 0.326 e. The molecule has 1 saturated heterocycles. The summed E-state index contributed by atoms with van der Waals surface area (Å²) in [4.78, 5) is 38.2. The van der Waals surface area contributed by atoms with Crippen LogP contribution >= 0.6 is 0 Å². The van der Waals surface area contributed by atoms with E-state index in [-0.39, 0.29) is 12.3 Å². The Bertz CT molecular complexity index is 433. The maximum Gasteiger partial charge on any atom is 0.326 e. The van der Waals surface area contributed by atoms with E-state index >= 15 is 0 Å². The molecule has 1 fully saturated rings. The summed E-state index contributed by atoms with van der Waals surface area (Å²) in [5.41, 5.74) is -0.992. The number of nitrogens with zero attached hydrogens (tertiary/aromatic N) is 2. The van der Waals surface area contributed by atoms with Crippen molar-refractivity contribution in [2.24, 2.45) is 0 Å². The lowest BCUT2D eigenvalue weighted by molar-refractivity contribution is -0.144. The molecule has 1 aliphatic rings. The van der Waals surface area contributed by atoms with Gasteiger partial charge >= 0.3 is 12.0 Å². The van der Waals surface area contributed by atoms with Crippen LogP contribution in [0.25, 0.3) is 0 Å². The molecule has 0 aromatic carbocycles. The molecule has 0 aromatic heterocycles. The number of amides is 3. The fourth-order valence-electron chi connectivity index (χ4n) is 2.18. The fraction of sp³-hybridized carbons (Fsp3) is 0.615. The first kappa shape index (κ1) is 16.0. The number of likely N-dealkylation sites (N-methyl/N-ethyl adjacent to an activating group) is 1. The van der Waals surface area contributed by atoms with Crippen LogP contribution in [-0.2, 0) is 9.59 Å². The van der Waals surface area contributed by atoms with E-state index in [0.717, 1.165) is 0 Å². The summed E-state index contributed by atoms with van der Waals surface area (Å²) in [6, 6.07) is -1.59. The molecule has 1 atom stereocenters. The van der Waals surface area contributed by atoms with Crippen molar-refractivity contribution < 1.29 is 19.5 Å². The predicted octanol–water partition coefficient (Wildman–Crippen LogP) is 0.278. The summed E-state index contributed by atoms with van der Waals surface area (Å²) in [7, 11) is 1.68. The van der Waals surface area contributed by atoms with Crippen LogP contribution in [0.1, 0.15) is 20.3 Å². The van der Waals surface area contributed by atoms with Gasteiger partial charge < -0.3 is 20.2 Å². The number of piperazine rings is 1. The van der Waals surface area contributed by atoms with Crippen molar-refractivity contribution in [2.75, 3.05) is 20.1 Å². The van der Waals surface area contributed by atoms with Gasteiger partial charge in [-0.1, -0.05) is 6.08 Å². The molecule has 0 radical (unpaired) electrons. The third-order valence-corrected chi connectivity index (χ3v) is 3.45. The van der Waals surface area contributed by atoms with Crippen LogP contribution in [0.15, 0.2) is 12.7 Å². The van der Waals surface area contributed by atoms with Gasteiger partial charge in [-0.25, -0.2) is 9.59 Å². The van der Waals surface area contributed by atoms with Gasteiger partial charge in [-0.05, 0) is 20.3 Å². The van der Waals surface area contributed by atoms with Gasteiger partial charge in [-0.2, -0.15) is 0 Å². The van der Waals surface area contributed by atoms with Crippen molar-refractivity contribution >= 4 is 17.9 Å². The first-order valence-corrected chi connectivity index (χ1v) is 6.39. The number of aliphatic carboxylic acids is 1. The SMILES string of the molecule is C=CCC(NC(=O)N1CCN(C)C(=O)C1(C)C)C(=O)O. The third kappa shape index (κ3) is 3.09. The molecule has 20 heavy (non-hydrogen) atoms. The largest absolute Gasteiger partial charge is 0.480 e. The average molecular weight is 283 g/mol. The maximum atomic E-state index is 12.2. The Morgan fingerprint density at radius 2 is 2.10 bits per heavy atom. The highest BCUT2D eigenvalue weighted by Crippen LogP contribution is 2.21. The first-order chi connectivity index (χ1) is 9.21. The van der Waals surface area contributed by atoms with E-state index in [1.165, 1.54) is 11.0 Å². The maximum absolute atomic E-state index is 12.2. The summed E-state index contributed by atoms with van der Waals surface area (Å²) in [6.07, 6.45) is 1.56. The number of carbonyl (C=O) groups excluding carboxylic acids is 2. The van der Waals surface area contributed by atoms with Crippen LogP contribution in [0, 0.1) is 0 Å². The van der Waals surface area contributed by atoms with Gasteiger partial charge in [-0.3, -0.25) is 4.79 Å².